The molecule has 0 saturated heterocycles. The lowest BCUT2D eigenvalue weighted by atomic mass is 10.1. The molecule has 0 bridgehead atoms. The van der Waals surface area contributed by atoms with Gasteiger partial charge in [-0.3, -0.25) is 4.79 Å². The van der Waals surface area contributed by atoms with Crippen LogP contribution in [0.4, 0.5) is 0 Å². The normalized spacial score (nSPS) is 10.4. The SMILES string of the molecule is Cc1cc(C(=O)COC(=O)c2ccccc2Sc2ccccc2C#N)c(C)n1C. The van der Waals surface area contributed by atoms with E-state index in [0.29, 0.717) is 21.6 Å². The quantitative estimate of drug-likeness (QED) is 0.440. The van der Waals surface area contributed by atoms with Crippen molar-refractivity contribution >= 4 is 23.5 Å². The van der Waals surface area contributed by atoms with Crippen molar-refractivity contribution in [3.05, 3.63) is 82.7 Å². The number of Topliss-reactive ketones (excluding diaryl/α,β-unsaturated/α-hetero) is 1. The Morgan fingerprint density at radius 3 is 2.34 bits per heavy atom. The van der Waals surface area contributed by atoms with Gasteiger partial charge in [0.15, 0.2) is 6.61 Å². The molecule has 0 amide bonds. The molecule has 1 heterocycles. The van der Waals surface area contributed by atoms with E-state index in [1.165, 1.54) is 11.8 Å². The number of nitriles is 1. The molecule has 0 spiro atoms. The predicted octanol–water partition coefficient (Wildman–Crippen LogP) is 4.70. The molecule has 0 atom stereocenters. The monoisotopic (exact) mass is 404 g/mol. The fourth-order valence-corrected chi connectivity index (χ4v) is 3.93. The molecule has 3 rings (SSSR count). The zero-order valence-corrected chi connectivity index (χ0v) is 17.2. The molecule has 0 radical (unpaired) electrons. The number of rotatable bonds is 6. The summed E-state index contributed by atoms with van der Waals surface area (Å²) in [6.45, 7) is 3.46. The zero-order valence-electron chi connectivity index (χ0n) is 16.4. The average Bonchev–Trinajstić information content (AvgIpc) is 3.00. The number of aromatic nitrogens is 1. The van der Waals surface area contributed by atoms with Crippen LogP contribution in [0, 0.1) is 25.2 Å². The van der Waals surface area contributed by atoms with E-state index in [1.54, 1.807) is 36.4 Å². The van der Waals surface area contributed by atoms with Gasteiger partial charge in [-0.1, -0.05) is 36.0 Å². The maximum atomic E-state index is 12.6. The van der Waals surface area contributed by atoms with Crippen LogP contribution < -0.4 is 0 Å². The third-order valence-electron chi connectivity index (χ3n) is 4.74. The highest BCUT2D eigenvalue weighted by Gasteiger charge is 2.19. The molecule has 3 aromatic rings. The summed E-state index contributed by atoms with van der Waals surface area (Å²) < 4.78 is 7.23. The van der Waals surface area contributed by atoms with E-state index in [4.69, 9.17) is 4.74 Å². The molecule has 0 aliphatic rings. The number of esters is 1. The van der Waals surface area contributed by atoms with Gasteiger partial charge in [0.1, 0.15) is 6.07 Å². The second kappa shape index (κ2) is 8.80. The van der Waals surface area contributed by atoms with Crippen LogP contribution in [-0.2, 0) is 11.8 Å². The Bertz CT molecular complexity index is 1130. The Balaban J connectivity index is 1.76. The minimum Gasteiger partial charge on any atom is -0.454 e. The lowest BCUT2D eigenvalue weighted by molar-refractivity contribution is 0.0471. The fraction of sp³-hybridized carbons (Fsp3) is 0.174. The number of aryl methyl sites for hydroxylation is 1. The molecule has 0 saturated carbocycles. The highest BCUT2D eigenvalue weighted by molar-refractivity contribution is 7.99. The molecular weight excluding hydrogens is 384 g/mol. The van der Waals surface area contributed by atoms with Gasteiger partial charge in [0.2, 0.25) is 5.78 Å². The Morgan fingerprint density at radius 1 is 1.03 bits per heavy atom. The smallest absolute Gasteiger partial charge is 0.339 e. The summed E-state index contributed by atoms with van der Waals surface area (Å²) in [6.07, 6.45) is 0. The van der Waals surface area contributed by atoms with Crippen molar-refractivity contribution in [3.8, 4) is 6.07 Å². The number of benzene rings is 2. The predicted molar refractivity (Wildman–Crippen MR) is 111 cm³/mol. The van der Waals surface area contributed by atoms with Crippen molar-refractivity contribution in [2.24, 2.45) is 7.05 Å². The van der Waals surface area contributed by atoms with Crippen LogP contribution in [0.2, 0.25) is 0 Å². The minimum absolute atomic E-state index is 0.237. The van der Waals surface area contributed by atoms with Gasteiger partial charge in [-0.2, -0.15) is 5.26 Å². The van der Waals surface area contributed by atoms with Crippen molar-refractivity contribution in [1.29, 1.82) is 5.26 Å². The van der Waals surface area contributed by atoms with Crippen LogP contribution in [-0.4, -0.2) is 22.9 Å². The molecule has 1 aromatic heterocycles. The first-order chi connectivity index (χ1) is 13.9. The van der Waals surface area contributed by atoms with Crippen LogP contribution in [0.25, 0.3) is 0 Å². The van der Waals surface area contributed by atoms with Crippen LogP contribution >= 0.6 is 11.8 Å². The molecule has 0 N–H and O–H groups in total. The maximum absolute atomic E-state index is 12.6. The van der Waals surface area contributed by atoms with Gasteiger partial charge in [-0.15, -0.1) is 0 Å². The molecule has 29 heavy (non-hydrogen) atoms. The van der Waals surface area contributed by atoms with Gasteiger partial charge < -0.3 is 9.30 Å². The third-order valence-corrected chi connectivity index (χ3v) is 5.90. The summed E-state index contributed by atoms with van der Waals surface area (Å²) >= 11 is 1.32. The highest BCUT2D eigenvalue weighted by atomic mass is 32.2. The van der Waals surface area contributed by atoms with Crippen LogP contribution in [0.3, 0.4) is 0 Å². The van der Waals surface area contributed by atoms with Gasteiger partial charge in [0.05, 0.1) is 11.1 Å². The Kier molecular flexibility index (Phi) is 6.20. The highest BCUT2D eigenvalue weighted by Crippen LogP contribution is 2.32. The van der Waals surface area contributed by atoms with Gasteiger partial charge in [-0.25, -0.2) is 4.79 Å². The molecular formula is C23H20N2O3S. The van der Waals surface area contributed by atoms with Crippen LogP contribution in [0.5, 0.6) is 0 Å². The fourth-order valence-electron chi connectivity index (χ4n) is 2.91. The van der Waals surface area contributed by atoms with E-state index >= 15 is 0 Å². The molecule has 146 valence electrons. The first kappa shape index (κ1) is 20.4. The second-order valence-electron chi connectivity index (χ2n) is 6.55. The molecule has 0 fully saturated rings. The Labute approximate surface area is 173 Å². The van der Waals surface area contributed by atoms with Crippen molar-refractivity contribution < 1.29 is 14.3 Å². The number of ketones is 1. The van der Waals surface area contributed by atoms with Crippen molar-refractivity contribution in [2.75, 3.05) is 6.61 Å². The number of hydrogen-bond donors (Lipinski definition) is 0. The van der Waals surface area contributed by atoms with Gasteiger partial charge in [-0.05, 0) is 44.2 Å². The first-order valence-corrected chi connectivity index (χ1v) is 9.83. The van der Waals surface area contributed by atoms with E-state index in [1.807, 2.05) is 43.7 Å². The van der Waals surface area contributed by atoms with E-state index < -0.39 is 5.97 Å². The molecule has 0 aliphatic heterocycles. The molecule has 0 unspecified atom stereocenters. The largest absolute Gasteiger partial charge is 0.454 e. The standard InChI is InChI=1S/C23H20N2O3S/c1-15-12-19(16(2)25(15)3)20(26)14-28-23(27)18-9-5-7-11-22(18)29-21-10-6-4-8-17(21)13-24/h4-12H,14H2,1-3H3. The van der Waals surface area contributed by atoms with E-state index in [0.717, 1.165) is 16.3 Å². The van der Waals surface area contributed by atoms with Gasteiger partial charge >= 0.3 is 5.97 Å². The van der Waals surface area contributed by atoms with Crippen molar-refractivity contribution in [2.45, 2.75) is 23.6 Å². The van der Waals surface area contributed by atoms with Crippen molar-refractivity contribution in [1.82, 2.24) is 4.57 Å². The summed E-state index contributed by atoms with van der Waals surface area (Å²) in [7, 11) is 1.89. The number of hydrogen-bond acceptors (Lipinski definition) is 5. The number of ether oxygens (including phenoxy) is 1. The zero-order chi connectivity index (χ0) is 21.0. The number of carbonyl (C=O) groups excluding carboxylic acids is 2. The van der Waals surface area contributed by atoms with E-state index in [2.05, 4.69) is 6.07 Å². The Hall–Kier alpha value is -3.30. The maximum Gasteiger partial charge on any atom is 0.339 e. The van der Waals surface area contributed by atoms with Crippen LogP contribution in [0.1, 0.15) is 37.7 Å². The second-order valence-corrected chi connectivity index (χ2v) is 7.63. The van der Waals surface area contributed by atoms with Crippen LogP contribution in [0.15, 0.2) is 64.4 Å². The summed E-state index contributed by atoms with van der Waals surface area (Å²) in [5, 5.41) is 9.28. The lowest BCUT2D eigenvalue weighted by Crippen LogP contribution is -2.15. The number of carbonyl (C=O) groups is 2. The number of nitrogens with zero attached hydrogens (tertiary/aromatic N) is 2. The van der Waals surface area contributed by atoms with E-state index in [-0.39, 0.29) is 12.4 Å². The topological polar surface area (TPSA) is 72.1 Å². The summed E-state index contributed by atoms with van der Waals surface area (Å²) in [4.78, 5) is 26.6. The van der Waals surface area contributed by atoms with Crippen molar-refractivity contribution in [3.63, 3.8) is 0 Å². The summed E-state index contributed by atoms with van der Waals surface area (Å²) in [6, 6.07) is 18.1. The molecule has 0 aliphatic carbocycles. The molecule has 6 heteroatoms. The van der Waals surface area contributed by atoms with E-state index in [9.17, 15) is 14.9 Å². The first-order valence-electron chi connectivity index (χ1n) is 9.01. The van der Waals surface area contributed by atoms with Gasteiger partial charge in [0, 0.05) is 33.8 Å². The van der Waals surface area contributed by atoms with Gasteiger partial charge in [0.25, 0.3) is 0 Å². The minimum atomic E-state index is -0.568. The summed E-state index contributed by atoms with van der Waals surface area (Å²) in [5.74, 6) is -0.805. The lowest BCUT2D eigenvalue weighted by Gasteiger charge is -2.10. The Morgan fingerprint density at radius 2 is 1.69 bits per heavy atom. The molecule has 5 nitrogen and oxygen atoms in total. The molecule has 2 aromatic carbocycles. The average molecular weight is 404 g/mol. The third kappa shape index (κ3) is 4.41. The summed E-state index contributed by atoms with van der Waals surface area (Å²) in [5.41, 5.74) is 3.26.